The topological polar surface area (TPSA) is 303 Å². The minimum Gasteiger partial charge on any atom is -0.479 e. The number of carboxylic acids is 2. The molecule has 0 saturated heterocycles. The van der Waals surface area contributed by atoms with Gasteiger partial charge in [0.1, 0.15) is 12.4 Å². The average Bonchev–Trinajstić information content (AvgIpc) is 3.79. The van der Waals surface area contributed by atoms with Gasteiger partial charge in [-0.05, 0) is 90.8 Å². The third kappa shape index (κ3) is 16.6. The SMILES string of the molecule is Cc1oc(=O)oc1CO.Cc1oc(=O)oc1COC(=O)C(=O)N[C@H](Cc1ccc(-c2cccc(Cl)c2)cc1)C[C@@H](O)C(=O)O.N[C@H](Cc1ccc(-c2cccc(Cl)c2)cc1)C[C@@H](O)C(=O)O. The zero-order valence-electron chi connectivity index (χ0n) is 35.3. The molecule has 0 fully saturated rings. The molecule has 0 unspecified atom stereocenters. The number of aliphatic hydroxyl groups excluding tert-OH is 3. The van der Waals surface area contributed by atoms with E-state index < -0.39 is 66.4 Å². The van der Waals surface area contributed by atoms with Gasteiger partial charge in [0, 0.05) is 28.5 Å². The highest BCUT2D eigenvalue weighted by molar-refractivity contribution is 6.32. The Morgan fingerprint density at radius 2 is 1.11 bits per heavy atom. The van der Waals surface area contributed by atoms with Crippen LogP contribution in [0.15, 0.2) is 124 Å². The molecule has 20 heteroatoms. The Morgan fingerprint density at radius 3 is 1.52 bits per heavy atom. The Kier molecular flexibility index (Phi) is 19.7. The molecule has 6 aromatic rings. The molecule has 66 heavy (non-hydrogen) atoms. The first kappa shape index (κ1) is 51.8. The van der Waals surface area contributed by atoms with Crippen LogP contribution in [0.1, 0.15) is 47.0 Å². The van der Waals surface area contributed by atoms with E-state index >= 15 is 0 Å². The second-order valence-electron chi connectivity index (χ2n) is 14.5. The Balaban J connectivity index is 0.000000259. The van der Waals surface area contributed by atoms with Crippen LogP contribution >= 0.6 is 23.2 Å². The van der Waals surface area contributed by atoms with Crippen LogP contribution in [0, 0.1) is 13.8 Å². The van der Waals surface area contributed by atoms with E-state index in [4.69, 9.17) is 53.4 Å². The van der Waals surface area contributed by atoms with E-state index in [0.29, 0.717) is 22.2 Å². The number of carbonyl (C=O) groups is 4. The van der Waals surface area contributed by atoms with Gasteiger partial charge in [0.05, 0.1) is 0 Å². The third-order valence-corrected chi connectivity index (χ3v) is 9.95. The number of carbonyl (C=O) groups excluding carboxylic acids is 2. The van der Waals surface area contributed by atoms with Crippen molar-refractivity contribution in [3.8, 4) is 22.3 Å². The number of halogens is 2. The van der Waals surface area contributed by atoms with Crippen molar-refractivity contribution in [3.63, 3.8) is 0 Å². The molecule has 8 N–H and O–H groups in total. The molecule has 4 atom stereocenters. The smallest absolute Gasteiger partial charge is 0.479 e. The van der Waals surface area contributed by atoms with Crippen LogP contribution in [0.5, 0.6) is 0 Å². The number of aliphatic carboxylic acids is 2. The maximum absolute atomic E-state index is 12.3. The summed E-state index contributed by atoms with van der Waals surface area (Å²) in [5.41, 5.74) is 11.5. The predicted molar refractivity (Wildman–Crippen MR) is 237 cm³/mol. The molecular weight excluding hydrogens is 907 g/mol. The lowest BCUT2D eigenvalue weighted by atomic mass is 9.98. The third-order valence-electron chi connectivity index (χ3n) is 9.48. The molecule has 0 aliphatic rings. The van der Waals surface area contributed by atoms with Crippen LogP contribution in [0.2, 0.25) is 10.0 Å². The van der Waals surface area contributed by atoms with Crippen molar-refractivity contribution < 1.29 is 67.1 Å². The Labute approximate surface area is 385 Å². The molecule has 6 rings (SSSR count). The van der Waals surface area contributed by atoms with E-state index in [0.717, 1.165) is 33.4 Å². The molecule has 4 aromatic carbocycles. The van der Waals surface area contributed by atoms with Gasteiger partial charge in [-0.2, -0.15) is 0 Å². The lowest BCUT2D eigenvalue weighted by Crippen LogP contribution is -2.44. The van der Waals surface area contributed by atoms with Crippen LogP contribution in [-0.4, -0.2) is 73.6 Å². The minimum absolute atomic E-state index is 0.0331. The van der Waals surface area contributed by atoms with Gasteiger partial charge in [-0.1, -0.05) is 96.0 Å². The lowest BCUT2D eigenvalue weighted by Gasteiger charge is -2.20. The number of nitrogens with two attached hydrogens (primary N) is 1. The largest absolute Gasteiger partial charge is 0.519 e. The van der Waals surface area contributed by atoms with Crippen molar-refractivity contribution in [1.29, 1.82) is 0 Å². The van der Waals surface area contributed by atoms with E-state index in [9.17, 15) is 39.0 Å². The van der Waals surface area contributed by atoms with Gasteiger partial charge >= 0.3 is 35.5 Å². The molecule has 18 nitrogen and oxygen atoms in total. The number of hydrogen-bond donors (Lipinski definition) is 7. The van der Waals surface area contributed by atoms with Gasteiger partial charge in [-0.3, -0.25) is 4.79 Å². The first-order valence-electron chi connectivity index (χ1n) is 19.9. The first-order valence-corrected chi connectivity index (χ1v) is 20.6. The molecule has 1 amide bonds. The van der Waals surface area contributed by atoms with Crippen molar-refractivity contribution >= 4 is 47.0 Å². The molecular formula is C46H46Cl2N2O16. The van der Waals surface area contributed by atoms with E-state index in [1.165, 1.54) is 6.92 Å². The normalized spacial score (nSPS) is 12.5. The number of aryl methyl sites for hydroxylation is 2. The molecule has 0 saturated carbocycles. The van der Waals surface area contributed by atoms with E-state index in [1.54, 1.807) is 25.1 Å². The Morgan fingerprint density at radius 1 is 0.652 bits per heavy atom. The number of nitrogens with one attached hydrogen (secondary N) is 1. The number of hydrogen-bond acceptors (Lipinski definition) is 15. The maximum Gasteiger partial charge on any atom is 0.519 e. The maximum atomic E-state index is 12.3. The van der Waals surface area contributed by atoms with Crippen LogP contribution < -0.4 is 22.7 Å². The molecule has 0 aliphatic carbocycles. The number of rotatable bonds is 16. The minimum atomic E-state index is -1.76. The van der Waals surface area contributed by atoms with E-state index in [1.807, 2.05) is 78.9 Å². The summed E-state index contributed by atoms with van der Waals surface area (Å²) in [6.45, 7) is 2.18. The van der Waals surface area contributed by atoms with Crippen molar-refractivity contribution in [3.05, 3.63) is 163 Å². The standard InChI is InChI=1S/C24H22ClNO9.C17H18ClNO3.C5H6O4/c1-13-20(35-24(32)34-13)12-33-23(31)21(28)26-18(11-19(27)22(29)30)9-14-5-7-15(8-6-14)16-3-2-4-17(25)10-16;18-14-3-1-2-13(9-14)12-6-4-11(5-7-12)8-15(19)10-16(20)17(21)22;1-3-4(2-6)9-5(7)8-3/h2-8,10,18-19,27H,9,11-12H2,1H3,(H,26,28)(H,29,30);1-7,9,15-16,20H,8,10,19H2,(H,21,22);6H,2H2,1H3/t18-,19-;15-,16-;/m11./s1. The summed E-state index contributed by atoms with van der Waals surface area (Å²) >= 11 is 12.0. The second kappa shape index (κ2) is 25.0. The molecule has 2 heterocycles. The van der Waals surface area contributed by atoms with Gasteiger partial charge in [-0.15, -0.1) is 0 Å². The highest BCUT2D eigenvalue weighted by atomic mass is 35.5. The summed E-state index contributed by atoms with van der Waals surface area (Å²) in [7, 11) is 0. The average molecular weight is 954 g/mol. The summed E-state index contributed by atoms with van der Waals surface area (Å²) in [5.74, 6) is -6.28. The molecule has 350 valence electrons. The number of ether oxygens (including phenoxy) is 1. The fraction of sp³-hybridized carbons (Fsp3) is 0.261. The van der Waals surface area contributed by atoms with Gasteiger partial charge in [0.2, 0.25) is 0 Å². The van der Waals surface area contributed by atoms with Gasteiger partial charge < -0.3 is 59.0 Å². The van der Waals surface area contributed by atoms with Gasteiger partial charge in [0.25, 0.3) is 0 Å². The number of esters is 1. The number of benzene rings is 4. The van der Waals surface area contributed by atoms with Crippen LogP contribution in [0.25, 0.3) is 22.3 Å². The highest BCUT2D eigenvalue weighted by Crippen LogP contribution is 2.25. The molecule has 0 aliphatic heterocycles. The van der Waals surface area contributed by atoms with E-state index in [2.05, 4.69) is 18.6 Å². The molecule has 0 bridgehead atoms. The van der Waals surface area contributed by atoms with Crippen molar-refractivity contribution in [2.45, 2.75) is 77.0 Å². The van der Waals surface area contributed by atoms with Gasteiger partial charge in [-0.25, -0.2) is 24.0 Å². The first-order chi connectivity index (χ1) is 31.3. The van der Waals surface area contributed by atoms with E-state index in [-0.39, 0.29) is 43.2 Å². The van der Waals surface area contributed by atoms with Crippen LogP contribution in [0.4, 0.5) is 0 Å². The quantitative estimate of drug-likeness (QED) is 0.0483. The summed E-state index contributed by atoms with van der Waals surface area (Å²) < 4.78 is 23.0. The van der Waals surface area contributed by atoms with Gasteiger partial charge in [0.15, 0.2) is 36.1 Å². The van der Waals surface area contributed by atoms with Crippen LogP contribution in [0.3, 0.4) is 0 Å². The van der Waals surface area contributed by atoms with Crippen molar-refractivity contribution in [1.82, 2.24) is 5.32 Å². The monoisotopic (exact) mass is 952 g/mol. The Hall–Kier alpha value is -6.80. The molecule has 0 spiro atoms. The summed E-state index contributed by atoms with van der Waals surface area (Å²) in [6.07, 6.45) is -2.84. The van der Waals surface area contributed by atoms with Crippen LogP contribution in [-0.2, 0) is 50.0 Å². The predicted octanol–water partition coefficient (Wildman–Crippen LogP) is 5.21. The fourth-order valence-corrected chi connectivity index (χ4v) is 6.47. The number of aliphatic hydroxyl groups is 3. The summed E-state index contributed by atoms with van der Waals surface area (Å²) in [6, 6.07) is 28.7. The van der Waals surface area contributed by atoms with Crippen molar-refractivity contribution in [2.75, 3.05) is 0 Å². The lowest BCUT2D eigenvalue weighted by molar-refractivity contribution is -0.156. The summed E-state index contributed by atoms with van der Waals surface area (Å²) in [5, 5.41) is 48.9. The number of carboxylic acid groups (broad SMARTS) is 2. The zero-order chi connectivity index (χ0) is 48.5. The zero-order valence-corrected chi connectivity index (χ0v) is 36.9. The fourth-order valence-electron chi connectivity index (χ4n) is 6.09. The Bertz CT molecular complexity index is 2670. The van der Waals surface area contributed by atoms with Crippen molar-refractivity contribution in [2.24, 2.45) is 5.73 Å². The highest BCUT2D eigenvalue weighted by Gasteiger charge is 2.26. The molecule has 2 aromatic heterocycles. The number of amides is 1. The molecule has 0 radical (unpaired) electrons. The summed E-state index contributed by atoms with van der Waals surface area (Å²) in [4.78, 5) is 67.4. The second-order valence-corrected chi connectivity index (χ2v) is 15.4.